The highest BCUT2D eigenvalue weighted by atomic mass is 32.2. The van der Waals surface area contributed by atoms with Crippen molar-refractivity contribution in [1.82, 2.24) is 9.80 Å². The molecule has 0 bridgehead atoms. The maximum absolute atomic E-state index is 12.6. The third-order valence-electron chi connectivity index (χ3n) is 4.24. The summed E-state index contributed by atoms with van der Waals surface area (Å²) in [7, 11) is 0. The number of carbonyl (C=O) groups is 1. The van der Waals surface area contributed by atoms with E-state index in [1.807, 2.05) is 30.6 Å². The van der Waals surface area contributed by atoms with Crippen LogP contribution in [-0.4, -0.2) is 74.6 Å². The van der Waals surface area contributed by atoms with Gasteiger partial charge in [-0.05, 0) is 6.92 Å². The van der Waals surface area contributed by atoms with E-state index in [4.69, 9.17) is 5.73 Å². The number of aliphatic hydroxyl groups excluding tert-OH is 2. The van der Waals surface area contributed by atoms with Crippen molar-refractivity contribution in [3.05, 3.63) is 0 Å². The minimum absolute atomic E-state index is 0.154. The van der Waals surface area contributed by atoms with Crippen LogP contribution in [0, 0.1) is 5.41 Å². The van der Waals surface area contributed by atoms with Crippen molar-refractivity contribution in [3.63, 3.8) is 0 Å². The van der Waals surface area contributed by atoms with Gasteiger partial charge in [0.25, 0.3) is 0 Å². The maximum Gasteiger partial charge on any atom is 0.229 e. The van der Waals surface area contributed by atoms with Crippen LogP contribution in [0.3, 0.4) is 0 Å². The van der Waals surface area contributed by atoms with Crippen molar-refractivity contribution >= 4 is 17.7 Å². The van der Waals surface area contributed by atoms with Gasteiger partial charge in [-0.2, -0.15) is 0 Å². The zero-order valence-corrected chi connectivity index (χ0v) is 14.1. The third-order valence-corrected chi connectivity index (χ3v) is 5.64. The van der Waals surface area contributed by atoms with Gasteiger partial charge in [0, 0.05) is 30.8 Å². The largest absolute Gasteiger partial charge is 0.392 e. The Morgan fingerprint density at radius 1 is 1.33 bits per heavy atom. The zero-order chi connectivity index (χ0) is 16.0. The number of hydrogen-bond acceptors (Lipinski definition) is 6. The maximum atomic E-state index is 12.6. The van der Waals surface area contributed by atoms with E-state index in [1.54, 1.807) is 18.7 Å². The molecule has 0 aromatic carbocycles. The topological polar surface area (TPSA) is 90.0 Å². The fourth-order valence-corrected chi connectivity index (χ4v) is 4.33. The fraction of sp³-hybridized carbons (Fsp3) is 0.929. The summed E-state index contributed by atoms with van der Waals surface area (Å²) in [5.74, 6) is 1.08. The van der Waals surface area contributed by atoms with E-state index in [9.17, 15) is 15.0 Å². The second kappa shape index (κ2) is 5.70. The van der Waals surface area contributed by atoms with Crippen LogP contribution in [0.4, 0.5) is 0 Å². The van der Waals surface area contributed by atoms with Gasteiger partial charge >= 0.3 is 0 Å². The minimum atomic E-state index is -0.872. The molecule has 2 aliphatic rings. The molecule has 3 atom stereocenters. The first-order chi connectivity index (χ1) is 9.58. The lowest BCUT2D eigenvalue weighted by Crippen LogP contribution is -2.72. The number of aliphatic hydroxyl groups is 2. The molecule has 1 spiro atoms. The van der Waals surface area contributed by atoms with Crippen LogP contribution in [-0.2, 0) is 4.79 Å². The lowest BCUT2D eigenvalue weighted by Gasteiger charge is -2.55. The molecule has 0 aromatic rings. The van der Waals surface area contributed by atoms with Gasteiger partial charge in [0.2, 0.25) is 5.91 Å². The van der Waals surface area contributed by atoms with Gasteiger partial charge < -0.3 is 20.8 Å². The molecule has 2 aliphatic heterocycles. The average Bonchev–Trinajstić information content (AvgIpc) is 2.77. The zero-order valence-electron chi connectivity index (χ0n) is 13.2. The van der Waals surface area contributed by atoms with Gasteiger partial charge in [-0.1, -0.05) is 20.8 Å². The highest BCUT2D eigenvalue weighted by Gasteiger charge is 2.56. The molecular weight excluding hydrogens is 290 g/mol. The van der Waals surface area contributed by atoms with E-state index in [1.165, 1.54) is 0 Å². The first-order valence-electron chi connectivity index (χ1n) is 7.40. The van der Waals surface area contributed by atoms with Crippen molar-refractivity contribution < 1.29 is 15.0 Å². The van der Waals surface area contributed by atoms with Crippen molar-refractivity contribution in [2.75, 3.05) is 25.4 Å². The minimum Gasteiger partial charge on any atom is -0.392 e. The van der Waals surface area contributed by atoms with E-state index in [2.05, 4.69) is 0 Å². The van der Waals surface area contributed by atoms with Gasteiger partial charge in [-0.25, -0.2) is 0 Å². The lowest BCUT2D eigenvalue weighted by molar-refractivity contribution is -0.155. The fourth-order valence-electron chi connectivity index (χ4n) is 2.83. The summed E-state index contributed by atoms with van der Waals surface area (Å²) < 4.78 is 0. The monoisotopic (exact) mass is 317 g/mol. The Hall–Kier alpha value is -0.340. The van der Waals surface area contributed by atoms with E-state index in [0.29, 0.717) is 13.1 Å². The first-order valence-corrected chi connectivity index (χ1v) is 8.39. The number of amides is 1. The number of nitrogens with zero attached hydrogens (tertiary/aromatic N) is 2. The molecule has 2 rings (SSSR count). The van der Waals surface area contributed by atoms with Gasteiger partial charge in [0.05, 0.1) is 12.1 Å². The normalized spacial score (nSPS) is 26.5. The first kappa shape index (κ1) is 17.0. The molecule has 21 heavy (non-hydrogen) atoms. The molecule has 6 nitrogen and oxygen atoms in total. The van der Waals surface area contributed by atoms with Crippen molar-refractivity contribution in [2.45, 2.75) is 50.9 Å². The molecular formula is C14H27N3O3S. The van der Waals surface area contributed by atoms with Crippen molar-refractivity contribution in [3.8, 4) is 0 Å². The molecule has 1 amide bonds. The Balaban J connectivity index is 2.02. The molecule has 122 valence electrons. The second-order valence-electron chi connectivity index (χ2n) is 7.14. The van der Waals surface area contributed by atoms with E-state index < -0.39 is 23.8 Å². The van der Waals surface area contributed by atoms with Crippen LogP contribution >= 0.6 is 11.8 Å². The number of nitrogens with two attached hydrogens (primary N) is 1. The Bertz CT molecular complexity index is 405. The van der Waals surface area contributed by atoms with Gasteiger partial charge in [-0.15, -0.1) is 11.8 Å². The molecule has 7 heteroatoms. The van der Waals surface area contributed by atoms with E-state index in [-0.39, 0.29) is 10.8 Å². The Labute approximate surface area is 130 Å². The number of thioether (sulfide) groups is 1. The van der Waals surface area contributed by atoms with Crippen molar-refractivity contribution in [1.29, 1.82) is 0 Å². The summed E-state index contributed by atoms with van der Waals surface area (Å²) in [6.45, 7) is 9.32. The lowest BCUT2D eigenvalue weighted by atomic mass is 9.92. The third kappa shape index (κ3) is 3.07. The Kier molecular flexibility index (Phi) is 4.62. The average molecular weight is 317 g/mol. The van der Waals surface area contributed by atoms with E-state index in [0.717, 1.165) is 12.3 Å². The van der Waals surface area contributed by atoms with Gasteiger partial charge in [0.1, 0.15) is 11.1 Å². The molecule has 1 unspecified atom stereocenters. The number of hydrogen-bond donors (Lipinski definition) is 3. The highest BCUT2D eigenvalue weighted by Crippen LogP contribution is 2.45. The standard InChI is InChI=1S/C14H27N3O3S/c1-9(18)10(15)11(19)16-7-14(8-16)17(5-6-21-14)12(20)13(2,3)4/h9-11,18-19H,5-8,15H2,1-4H3/t9-,10+,11?/m1/s1. The molecule has 0 aromatic heterocycles. The molecule has 2 saturated heterocycles. The SMILES string of the molecule is C[C@@H](O)[C@H](N)C(O)N1CC2(C1)SCCN2C(=O)C(C)(C)C. The molecule has 0 radical (unpaired) electrons. The summed E-state index contributed by atoms with van der Waals surface area (Å²) >= 11 is 1.77. The van der Waals surface area contributed by atoms with Crippen LogP contribution < -0.4 is 5.73 Å². The summed E-state index contributed by atoms with van der Waals surface area (Å²) in [5.41, 5.74) is 5.40. The summed E-state index contributed by atoms with van der Waals surface area (Å²) in [5, 5.41) is 19.6. The Morgan fingerprint density at radius 2 is 1.90 bits per heavy atom. The predicted molar refractivity (Wildman–Crippen MR) is 83.6 cm³/mol. The van der Waals surface area contributed by atoms with Crippen LogP contribution in [0.25, 0.3) is 0 Å². The summed E-state index contributed by atoms with van der Waals surface area (Å²) in [6, 6.07) is -0.694. The number of carbonyl (C=O) groups excluding carboxylic acids is 1. The molecule has 2 heterocycles. The molecule has 4 N–H and O–H groups in total. The van der Waals surface area contributed by atoms with Gasteiger partial charge in [0.15, 0.2) is 0 Å². The molecule has 0 saturated carbocycles. The van der Waals surface area contributed by atoms with Crippen LogP contribution in [0.1, 0.15) is 27.7 Å². The second-order valence-corrected chi connectivity index (χ2v) is 8.59. The smallest absolute Gasteiger partial charge is 0.229 e. The summed E-state index contributed by atoms with van der Waals surface area (Å²) in [6.07, 6.45) is -1.64. The van der Waals surface area contributed by atoms with Crippen LogP contribution in [0.15, 0.2) is 0 Å². The van der Waals surface area contributed by atoms with Gasteiger partial charge in [-0.3, -0.25) is 9.69 Å². The Morgan fingerprint density at radius 3 is 2.38 bits per heavy atom. The van der Waals surface area contributed by atoms with Crippen molar-refractivity contribution in [2.24, 2.45) is 11.1 Å². The quantitative estimate of drug-likeness (QED) is 0.659. The summed E-state index contributed by atoms with van der Waals surface area (Å²) in [4.78, 5) is 16.1. The van der Waals surface area contributed by atoms with Crippen LogP contribution in [0.2, 0.25) is 0 Å². The van der Waals surface area contributed by atoms with E-state index >= 15 is 0 Å². The molecule has 0 aliphatic carbocycles. The predicted octanol–water partition coefficient (Wildman–Crippen LogP) is -0.354. The number of rotatable bonds is 3. The number of likely N-dealkylation sites (tertiary alicyclic amines) is 1. The molecule has 2 fully saturated rings. The van der Waals surface area contributed by atoms with Crippen LogP contribution in [0.5, 0.6) is 0 Å². The highest BCUT2D eigenvalue weighted by molar-refractivity contribution is 8.01.